The smallest absolute Gasteiger partial charge is 0.309 e. The third-order valence-electron chi connectivity index (χ3n) is 12.9. The Labute approximate surface area is 331 Å². The normalized spacial score (nSPS) is 22.2. The number of halogens is 2. The molecule has 1 saturated heterocycles. The number of aliphatic carboxylic acids is 1. The van der Waals surface area contributed by atoms with Crippen molar-refractivity contribution in [2.45, 2.75) is 69.7 Å². The van der Waals surface area contributed by atoms with Gasteiger partial charge in [-0.1, -0.05) is 41.9 Å². The number of carboxylic acid groups (broad SMARTS) is 1. The monoisotopic (exact) mass is 782 g/mol. The fourth-order valence-electron chi connectivity index (χ4n) is 9.45. The Balaban J connectivity index is 1.09. The lowest BCUT2D eigenvalue weighted by Gasteiger charge is -2.55. The fraction of sp³-hybridized carbons (Fsp3) is 0.409. The molecule has 1 aliphatic heterocycles. The van der Waals surface area contributed by atoms with Crippen LogP contribution < -0.4 is 14.2 Å². The number of hydrogen-bond donors (Lipinski definition) is 2. The Bertz CT molecular complexity index is 2260. The zero-order chi connectivity index (χ0) is 39.4. The Morgan fingerprint density at radius 1 is 0.911 bits per heavy atom. The zero-order valence-electron chi connectivity index (χ0n) is 32.3. The summed E-state index contributed by atoms with van der Waals surface area (Å²) in [5.74, 6) is 0.714. The molecule has 1 aromatic heterocycles. The van der Waals surface area contributed by atoms with Gasteiger partial charge < -0.3 is 24.4 Å². The number of fused-ring (bicyclic) bond motifs is 4. The van der Waals surface area contributed by atoms with Gasteiger partial charge in [0, 0.05) is 65.9 Å². The minimum Gasteiger partial charge on any atom is -0.496 e. The molecule has 12 heteroatoms. The highest BCUT2D eigenvalue weighted by Crippen LogP contribution is 2.55. The minimum absolute atomic E-state index is 0.153. The molecule has 3 saturated carbocycles. The molecule has 3 aliphatic carbocycles. The average molecular weight is 783 g/mol. The van der Waals surface area contributed by atoms with Crippen molar-refractivity contribution >= 4 is 28.5 Å². The van der Waals surface area contributed by atoms with E-state index in [4.69, 9.17) is 30.9 Å². The van der Waals surface area contributed by atoms with E-state index in [1.165, 1.54) is 6.07 Å². The molecule has 0 amide bonds. The summed E-state index contributed by atoms with van der Waals surface area (Å²) in [5.41, 5.74) is 5.16. The molecular formula is C44H48ClFN4O6. The molecule has 0 radical (unpaired) electrons. The first-order chi connectivity index (χ1) is 27.0. The maximum absolute atomic E-state index is 16.2. The maximum Gasteiger partial charge on any atom is 0.309 e. The van der Waals surface area contributed by atoms with E-state index in [1.807, 2.05) is 72.5 Å². The number of likely N-dealkylation sites (tertiary alicyclic amines) is 1. The number of rotatable bonds is 12. The summed E-state index contributed by atoms with van der Waals surface area (Å²) in [5, 5.41) is 26.1. The number of carbonyl (C=O) groups is 1. The molecule has 2 heterocycles. The molecule has 10 nitrogen and oxygen atoms in total. The summed E-state index contributed by atoms with van der Waals surface area (Å²) in [7, 11) is 6.85. The number of methoxy groups -OCH3 is 3. The number of aliphatic hydroxyl groups is 1. The lowest BCUT2D eigenvalue weighted by atomic mass is 9.57. The first kappa shape index (κ1) is 38.2. The van der Waals surface area contributed by atoms with Gasteiger partial charge in [0.1, 0.15) is 23.1 Å². The molecule has 1 atom stereocenters. The van der Waals surface area contributed by atoms with Crippen LogP contribution in [0.1, 0.15) is 56.1 Å². The SMILES string of the molecule is COc1cc(-c2cccc(-c3cccc4c3cnn4-c3cc(OC)c(CN4CC[C@@H](O)C4)c(OC)c3)c2Cl)cc(F)c1CN(C)C12CCC(C(=O)O)(CC1)CC2. The Hall–Kier alpha value is -4.68. The average Bonchev–Trinajstić information content (AvgIpc) is 3.85. The van der Waals surface area contributed by atoms with E-state index < -0.39 is 11.4 Å². The Morgan fingerprint density at radius 2 is 1.54 bits per heavy atom. The number of β-amino-alcohol motifs (C(OH)–C–C–N with tert-alkyl or cyclic N) is 1. The van der Waals surface area contributed by atoms with Crippen molar-refractivity contribution in [1.82, 2.24) is 19.6 Å². The van der Waals surface area contributed by atoms with E-state index in [0.29, 0.717) is 77.9 Å². The van der Waals surface area contributed by atoms with Crippen molar-refractivity contribution in [2.75, 3.05) is 41.5 Å². The third kappa shape index (κ3) is 6.58. The van der Waals surface area contributed by atoms with Gasteiger partial charge in [0.25, 0.3) is 0 Å². The number of benzene rings is 4. The topological polar surface area (TPSA) is 110 Å². The van der Waals surface area contributed by atoms with Gasteiger partial charge in [0.05, 0.1) is 60.8 Å². The van der Waals surface area contributed by atoms with Crippen LogP contribution in [0.25, 0.3) is 38.8 Å². The Morgan fingerprint density at radius 3 is 2.16 bits per heavy atom. The first-order valence-corrected chi connectivity index (χ1v) is 19.6. The van der Waals surface area contributed by atoms with Crippen LogP contribution in [0.4, 0.5) is 4.39 Å². The van der Waals surface area contributed by atoms with Crippen LogP contribution in [0, 0.1) is 11.2 Å². The standard InChI is InChI=1S/C44H48ClFN4O6/c1-48(44-15-12-43(13-16-44,14-17-44)42(52)53)25-34-36(46)19-27(20-38(34)54-2)30-7-5-9-32(41(30)45)31-8-6-10-37-33(31)23-47-50(37)28-21-39(55-3)35(40(22-28)56-4)26-49-18-11-29(51)24-49/h5-10,19-23,29,51H,11-18,24-26H2,1-4H3,(H,52,53)/t29-,43?,44?/m1/s1. The van der Waals surface area contributed by atoms with Crippen molar-refractivity contribution < 1.29 is 33.6 Å². The van der Waals surface area contributed by atoms with Gasteiger partial charge >= 0.3 is 5.97 Å². The maximum atomic E-state index is 16.2. The van der Waals surface area contributed by atoms with Gasteiger partial charge in [-0.15, -0.1) is 0 Å². The van der Waals surface area contributed by atoms with Crippen LogP contribution >= 0.6 is 11.6 Å². The van der Waals surface area contributed by atoms with E-state index in [0.717, 1.165) is 65.5 Å². The first-order valence-electron chi connectivity index (χ1n) is 19.2. The molecule has 0 unspecified atom stereocenters. The van der Waals surface area contributed by atoms with Gasteiger partial charge in [0.2, 0.25) is 0 Å². The van der Waals surface area contributed by atoms with Crippen molar-refractivity contribution in [3.63, 3.8) is 0 Å². The molecule has 2 bridgehead atoms. The second-order valence-electron chi connectivity index (χ2n) is 15.8. The number of hydrogen-bond acceptors (Lipinski definition) is 8. The highest BCUT2D eigenvalue weighted by Gasteiger charge is 2.54. The molecule has 4 aliphatic rings. The molecule has 2 N–H and O–H groups in total. The summed E-state index contributed by atoms with van der Waals surface area (Å²) in [4.78, 5) is 16.4. The van der Waals surface area contributed by atoms with Gasteiger partial charge in [-0.05, 0) is 81.3 Å². The number of nitrogens with zero attached hydrogens (tertiary/aromatic N) is 4. The van der Waals surface area contributed by atoms with Crippen LogP contribution in [-0.4, -0.2) is 88.9 Å². The van der Waals surface area contributed by atoms with Crippen LogP contribution in [0.5, 0.6) is 17.2 Å². The zero-order valence-corrected chi connectivity index (χ0v) is 33.0. The minimum atomic E-state index is -0.689. The van der Waals surface area contributed by atoms with Crippen molar-refractivity contribution in [3.05, 3.63) is 88.8 Å². The van der Waals surface area contributed by atoms with Gasteiger partial charge in [-0.3, -0.25) is 14.6 Å². The van der Waals surface area contributed by atoms with Crippen molar-refractivity contribution in [3.8, 4) is 45.2 Å². The largest absolute Gasteiger partial charge is 0.496 e. The summed E-state index contributed by atoms with van der Waals surface area (Å²) < 4.78 is 35.6. The van der Waals surface area contributed by atoms with E-state index in [2.05, 4.69) is 9.80 Å². The fourth-order valence-corrected chi connectivity index (χ4v) is 9.79. The van der Waals surface area contributed by atoms with Gasteiger partial charge in [-0.25, -0.2) is 9.07 Å². The number of aromatic nitrogens is 2. The van der Waals surface area contributed by atoms with Crippen LogP contribution in [0.15, 0.2) is 66.9 Å². The lowest BCUT2D eigenvalue weighted by molar-refractivity contribution is -0.160. The molecule has 4 aromatic carbocycles. The summed E-state index contributed by atoms with van der Waals surface area (Å²) in [6.45, 7) is 2.35. The predicted octanol–water partition coefficient (Wildman–Crippen LogP) is 8.35. The second-order valence-corrected chi connectivity index (χ2v) is 16.2. The molecule has 56 heavy (non-hydrogen) atoms. The lowest BCUT2D eigenvalue weighted by Crippen LogP contribution is -2.57. The van der Waals surface area contributed by atoms with E-state index in [9.17, 15) is 15.0 Å². The third-order valence-corrected chi connectivity index (χ3v) is 13.3. The Kier molecular flexibility index (Phi) is 10.2. The van der Waals surface area contributed by atoms with Gasteiger partial charge in [-0.2, -0.15) is 5.10 Å². The van der Waals surface area contributed by atoms with Crippen molar-refractivity contribution in [1.29, 1.82) is 0 Å². The molecule has 0 spiro atoms. The molecule has 9 rings (SSSR count). The summed E-state index contributed by atoms with van der Waals surface area (Å²) in [6, 6.07) is 19.0. The highest BCUT2D eigenvalue weighted by molar-refractivity contribution is 6.36. The second kappa shape index (κ2) is 15.0. The molecular weight excluding hydrogens is 735 g/mol. The van der Waals surface area contributed by atoms with Crippen molar-refractivity contribution in [2.24, 2.45) is 5.41 Å². The van der Waals surface area contributed by atoms with E-state index >= 15 is 4.39 Å². The quantitative estimate of drug-likeness (QED) is 0.129. The molecule has 294 valence electrons. The number of carboxylic acids is 1. The number of aliphatic hydroxyl groups excluding tert-OH is 1. The van der Waals surface area contributed by atoms with E-state index in [-0.39, 0.29) is 17.5 Å². The van der Waals surface area contributed by atoms with Crippen LogP contribution in [0.3, 0.4) is 0 Å². The van der Waals surface area contributed by atoms with E-state index in [1.54, 1.807) is 21.3 Å². The highest BCUT2D eigenvalue weighted by atomic mass is 35.5. The van der Waals surface area contributed by atoms with Crippen LogP contribution in [0.2, 0.25) is 5.02 Å². The summed E-state index contributed by atoms with van der Waals surface area (Å²) in [6.07, 6.45) is 6.54. The number of ether oxygens (including phenoxy) is 3. The molecule has 4 fully saturated rings. The van der Waals surface area contributed by atoms with Crippen LogP contribution in [-0.2, 0) is 17.9 Å². The summed E-state index contributed by atoms with van der Waals surface area (Å²) >= 11 is 7.23. The predicted molar refractivity (Wildman–Crippen MR) is 214 cm³/mol. The van der Waals surface area contributed by atoms with Gasteiger partial charge in [0.15, 0.2) is 0 Å². The molecule has 5 aromatic rings.